The molecule has 1 aromatic carbocycles. The highest BCUT2D eigenvalue weighted by molar-refractivity contribution is 5.95. The SMILES string of the molecule is CC/C(C)=N/NC(=O)c1ccccc1F. The molecule has 0 saturated carbocycles. The van der Waals surface area contributed by atoms with Gasteiger partial charge in [0.25, 0.3) is 5.91 Å². The third kappa shape index (κ3) is 3.16. The minimum Gasteiger partial charge on any atom is -0.267 e. The Morgan fingerprint density at radius 2 is 2.13 bits per heavy atom. The molecular formula is C11H13FN2O. The van der Waals surface area contributed by atoms with Crippen LogP contribution < -0.4 is 5.43 Å². The average Bonchev–Trinajstić information content (AvgIpc) is 2.26. The quantitative estimate of drug-likeness (QED) is 0.601. The van der Waals surface area contributed by atoms with Crippen LogP contribution in [0.15, 0.2) is 29.4 Å². The Bertz CT molecular complexity index is 388. The molecule has 1 N–H and O–H groups in total. The van der Waals surface area contributed by atoms with E-state index in [1.54, 1.807) is 13.0 Å². The highest BCUT2D eigenvalue weighted by Crippen LogP contribution is 2.05. The molecule has 0 unspecified atom stereocenters. The zero-order chi connectivity index (χ0) is 11.3. The lowest BCUT2D eigenvalue weighted by molar-refractivity contribution is 0.0950. The van der Waals surface area contributed by atoms with E-state index in [0.717, 1.165) is 12.1 Å². The zero-order valence-corrected chi connectivity index (χ0v) is 8.75. The Balaban J connectivity index is 2.74. The maximum Gasteiger partial charge on any atom is 0.274 e. The molecule has 0 aromatic heterocycles. The van der Waals surface area contributed by atoms with Crippen molar-refractivity contribution in [1.82, 2.24) is 5.43 Å². The third-order valence-corrected chi connectivity index (χ3v) is 1.98. The van der Waals surface area contributed by atoms with Crippen LogP contribution in [-0.2, 0) is 0 Å². The summed E-state index contributed by atoms with van der Waals surface area (Å²) in [5, 5.41) is 3.81. The van der Waals surface area contributed by atoms with Crippen molar-refractivity contribution >= 4 is 11.6 Å². The molecule has 0 heterocycles. The van der Waals surface area contributed by atoms with E-state index in [0.29, 0.717) is 0 Å². The minimum absolute atomic E-state index is 0.00477. The normalized spacial score (nSPS) is 11.3. The Kier molecular flexibility index (Phi) is 3.97. The lowest BCUT2D eigenvalue weighted by Gasteiger charge is -2.01. The monoisotopic (exact) mass is 208 g/mol. The fraction of sp³-hybridized carbons (Fsp3) is 0.273. The van der Waals surface area contributed by atoms with E-state index in [1.165, 1.54) is 18.2 Å². The van der Waals surface area contributed by atoms with Crippen molar-refractivity contribution in [2.24, 2.45) is 5.10 Å². The summed E-state index contributed by atoms with van der Waals surface area (Å²) >= 11 is 0. The number of nitrogens with zero attached hydrogens (tertiary/aromatic N) is 1. The molecule has 0 spiro atoms. The smallest absolute Gasteiger partial charge is 0.267 e. The van der Waals surface area contributed by atoms with Crippen LogP contribution in [0.4, 0.5) is 4.39 Å². The van der Waals surface area contributed by atoms with Crippen LogP contribution in [0.5, 0.6) is 0 Å². The van der Waals surface area contributed by atoms with Gasteiger partial charge in [0.1, 0.15) is 5.82 Å². The molecule has 4 heteroatoms. The number of hydrogen-bond acceptors (Lipinski definition) is 2. The average molecular weight is 208 g/mol. The molecule has 0 fully saturated rings. The van der Waals surface area contributed by atoms with E-state index in [-0.39, 0.29) is 5.56 Å². The van der Waals surface area contributed by atoms with Crippen molar-refractivity contribution in [3.63, 3.8) is 0 Å². The second kappa shape index (κ2) is 5.24. The van der Waals surface area contributed by atoms with Crippen LogP contribution in [-0.4, -0.2) is 11.6 Å². The number of carbonyl (C=O) groups is 1. The number of rotatable bonds is 3. The van der Waals surface area contributed by atoms with Crippen LogP contribution >= 0.6 is 0 Å². The number of halogens is 1. The lowest BCUT2D eigenvalue weighted by Crippen LogP contribution is -2.20. The Labute approximate surface area is 88.0 Å². The number of hydrogen-bond donors (Lipinski definition) is 1. The van der Waals surface area contributed by atoms with Crippen molar-refractivity contribution in [2.45, 2.75) is 20.3 Å². The number of hydrazone groups is 1. The van der Waals surface area contributed by atoms with Gasteiger partial charge in [-0.05, 0) is 25.5 Å². The van der Waals surface area contributed by atoms with Crippen molar-refractivity contribution < 1.29 is 9.18 Å². The standard InChI is InChI=1S/C11H13FN2O/c1-3-8(2)13-14-11(15)9-6-4-5-7-10(9)12/h4-7H,3H2,1-2H3,(H,14,15)/b13-8+. The van der Waals surface area contributed by atoms with Crippen molar-refractivity contribution in [2.75, 3.05) is 0 Å². The summed E-state index contributed by atoms with van der Waals surface area (Å²) in [6.07, 6.45) is 0.748. The lowest BCUT2D eigenvalue weighted by atomic mass is 10.2. The molecule has 80 valence electrons. The molecule has 0 atom stereocenters. The molecule has 1 rings (SSSR count). The van der Waals surface area contributed by atoms with Gasteiger partial charge >= 0.3 is 0 Å². The molecule has 3 nitrogen and oxygen atoms in total. The van der Waals surface area contributed by atoms with E-state index in [4.69, 9.17) is 0 Å². The van der Waals surface area contributed by atoms with Gasteiger partial charge in [-0.25, -0.2) is 9.82 Å². The largest absolute Gasteiger partial charge is 0.274 e. The summed E-state index contributed by atoms with van der Waals surface area (Å²) in [5.74, 6) is -1.07. The minimum atomic E-state index is -0.542. The van der Waals surface area contributed by atoms with E-state index < -0.39 is 11.7 Å². The van der Waals surface area contributed by atoms with E-state index in [2.05, 4.69) is 10.5 Å². The molecule has 0 aliphatic heterocycles. The highest BCUT2D eigenvalue weighted by Gasteiger charge is 2.09. The predicted octanol–water partition coefficient (Wildman–Crippen LogP) is 2.34. The molecule has 0 saturated heterocycles. The summed E-state index contributed by atoms with van der Waals surface area (Å²) in [7, 11) is 0. The van der Waals surface area contributed by atoms with Crippen LogP contribution in [0.25, 0.3) is 0 Å². The Morgan fingerprint density at radius 3 is 2.73 bits per heavy atom. The van der Waals surface area contributed by atoms with Gasteiger partial charge in [-0.2, -0.15) is 5.10 Å². The zero-order valence-electron chi connectivity index (χ0n) is 8.75. The van der Waals surface area contributed by atoms with Crippen LogP contribution in [0, 0.1) is 5.82 Å². The maximum absolute atomic E-state index is 13.1. The summed E-state index contributed by atoms with van der Waals surface area (Å²) < 4.78 is 13.1. The first-order chi connectivity index (χ1) is 7.15. The maximum atomic E-state index is 13.1. The number of benzene rings is 1. The summed E-state index contributed by atoms with van der Waals surface area (Å²) in [4.78, 5) is 11.4. The van der Waals surface area contributed by atoms with Gasteiger partial charge in [0.05, 0.1) is 5.56 Å². The van der Waals surface area contributed by atoms with Crippen LogP contribution in [0.1, 0.15) is 30.6 Å². The fourth-order valence-corrected chi connectivity index (χ4v) is 0.931. The predicted molar refractivity (Wildman–Crippen MR) is 57.3 cm³/mol. The second-order valence-electron chi connectivity index (χ2n) is 3.12. The van der Waals surface area contributed by atoms with E-state index in [9.17, 15) is 9.18 Å². The van der Waals surface area contributed by atoms with Gasteiger partial charge in [-0.15, -0.1) is 0 Å². The van der Waals surface area contributed by atoms with Gasteiger partial charge in [0.15, 0.2) is 0 Å². The topological polar surface area (TPSA) is 41.5 Å². The molecule has 1 amide bonds. The highest BCUT2D eigenvalue weighted by atomic mass is 19.1. The van der Waals surface area contributed by atoms with Gasteiger partial charge in [-0.1, -0.05) is 19.1 Å². The van der Waals surface area contributed by atoms with E-state index >= 15 is 0 Å². The van der Waals surface area contributed by atoms with Crippen LogP contribution in [0.3, 0.4) is 0 Å². The van der Waals surface area contributed by atoms with Gasteiger partial charge < -0.3 is 0 Å². The molecule has 0 aliphatic carbocycles. The number of nitrogens with one attached hydrogen (secondary N) is 1. The Hall–Kier alpha value is -1.71. The van der Waals surface area contributed by atoms with Crippen LogP contribution in [0.2, 0.25) is 0 Å². The van der Waals surface area contributed by atoms with Gasteiger partial charge in [-0.3, -0.25) is 4.79 Å². The molecule has 1 aromatic rings. The van der Waals surface area contributed by atoms with Gasteiger partial charge in [0.2, 0.25) is 0 Å². The van der Waals surface area contributed by atoms with Gasteiger partial charge in [0, 0.05) is 5.71 Å². The van der Waals surface area contributed by atoms with Crippen molar-refractivity contribution in [3.8, 4) is 0 Å². The van der Waals surface area contributed by atoms with Crippen molar-refractivity contribution in [3.05, 3.63) is 35.6 Å². The third-order valence-electron chi connectivity index (χ3n) is 1.98. The molecular weight excluding hydrogens is 195 g/mol. The summed E-state index contributed by atoms with van der Waals surface area (Å²) in [5.41, 5.74) is 3.10. The molecule has 15 heavy (non-hydrogen) atoms. The first-order valence-corrected chi connectivity index (χ1v) is 4.73. The van der Waals surface area contributed by atoms with E-state index in [1.807, 2.05) is 6.92 Å². The molecule has 0 bridgehead atoms. The number of amides is 1. The first kappa shape index (κ1) is 11.4. The molecule has 0 aliphatic rings. The second-order valence-corrected chi connectivity index (χ2v) is 3.12. The fourth-order valence-electron chi connectivity index (χ4n) is 0.931. The summed E-state index contributed by atoms with van der Waals surface area (Å²) in [6, 6.07) is 5.80. The first-order valence-electron chi connectivity index (χ1n) is 4.73. The molecule has 0 radical (unpaired) electrons. The summed E-state index contributed by atoms with van der Waals surface area (Å²) in [6.45, 7) is 3.72. The Morgan fingerprint density at radius 1 is 1.47 bits per heavy atom. The number of carbonyl (C=O) groups excluding carboxylic acids is 1. The van der Waals surface area contributed by atoms with Crippen molar-refractivity contribution in [1.29, 1.82) is 0 Å².